The Balaban J connectivity index is 1.95. The minimum atomic E-state index is 0.113. The Hall–Kier alpha value is -2.30. The molecule has 0 saturated heterocycles. The monoisotopic (exact) mass is 368 g/mol. The second-order valence-corrected chi connectivity index (χ2v) is 7.02. The Morgan fingerprint density at radius 3 is 2.56 bits per heavy atom. The number of hydrogen-bond acceptors (Lipinski definition) is 4. The van der Waals surface area contributed by atoms with Gasteiger partial charge in [0.25, 0.3) is 0 Å². The van der Waals surface area contributed by atoms with E-state index in [0.29, 0.717) is 24.3 Å². The van der Waals surface area contributed by atoms with Gasteiger partial charge >= 0.3 is 0 Å². The van der Waals surface area contributed by atoms with Gasteiger partial charge in [-0.25, -0.2) is 4.98 Å². The molecule has 2 aromatic heterocycles. The number of pyridine rings is 1. The molecule has 2 heterocycles. The fourth-order valence-corrected chi connectivity index (χ4v) is 3.63. The number of carbonyl (C=O) groups excluding carboxylic acids is 1. The van der Waals surface area contributed by atoms with Crippen molar-refractivity contribution in [3.05, 3.63) is 82.6 Å². The van der Waals surface area contributed by atoms with Gasteiger partial charge < -0.3 is 0 Å². The van der Waals surface area contributed by atoms with Crippen LogP contribution >= 0.6 is 22.9 Å². The first kappa shape index (κ1) is 17.5. The zero-order valence-electron chi connectivity index (χ0n) is 13.6. The van der Waals surface area contributed by atoms with Crippen LogP contribution in [-0.2, 0) is 6.42 Å². The van der Waals surface area contributed by atoms with Gasteiger partial charge in [-0.15, -0.1) is 17.9 Å². The number of benzene rings is 1. The minimum Gasteiger partial charge on any atom is -0.293 e. The summed E-state index contributed by atoms with van der Waals surface area (Å²) in [7, 11) is 0. The molecule has 1 aromatic carbocycles. The molecule has 25 heavy (non-hydrogen) atoms. The highest BCUT2D eigenvalue weighted by atomic mass is 35.5. The van der Waals surface area contributed by atoms with Crippen LogP contribution in [-0.4, -0.2) is 15.8 Å². The highest BCUT2D eigenvalue weighted by Crippen LogP contribution is 2.30. The summed E-state index contributed by atoms with van der Waals surface area (Å²) >= 11 is 7.40. The first-order chi connectivity index (χ1) is 12.2. The van der Waals surface area contributed by atoms with E-state index in [1.165, 1.54) is 11.3 Å². The van der Waals surface area contributed by atoms with Crippen LogP contribution in [0, 0.1) is 0 Å². The molecule has 5 heteroatoms. The zero-order valence-corrected chi connectivity index (χ0v) is 15.2. The standard InChI is InChI=1S/C20H17ClN2OS/c1-2-3-4-18(24)19-17(13-14-5-7-16(21)8-6-14)23-20(25-19)15-9-11-22-12-10-15/h2,5-12H,1,3-4,13H2. The van der Waals surface area contributed by atoms with Gasteiger partial charge in [-0.2, -0.15) is 0 Å². The molecular weight excluding hydrogens is 352 g/mol. The summed E-state index contributed by atoms with van der Waals surface area (Å²) in [6.07, 6.45) is 6.95. The van der Waals surface area contributed by atoms with Crippen LogP contribution in [0.25, 0.3) is 10.6 Å². The van der Waals surface area contributed by atoms with Gasteiger partial charge in [-0.3, -0.25) is 9.78 Å². The first-order valence-electron chi connectivity index (χ1n) is 7.96. The zero-order chi connectivity index (χ0) is 17.6. The summed E-state index contributed by atoms with van der Waals surface area (Å²) in [5, 5.41) is 1.54. The van der Waals surface area contributed by atoms with Crippen molar-refractivity contribution < 1.29 is 4.79 Å². The molecule has 0 radical (unpaired) electrons. The summed E-state index contributed by atoms with van der Waals surface area (Å²) in [6, 6.07) is 11.4. The number of thiazole rings is 1. The number of rotatable bonds is 7. The van der Waals surface area contributed by atoms with E-state index in [0.717, 1.165) is 26.7 Å². The summed E-state index contributed by atoms with van der Waals surface area (Å²) in [6.45, 7) is 3.69. The highest BCUT2D eigenvalue weighted by Gasteiger charge is 2.18. The lowest BCUT2D eigenvalue weighted by Gasteiger charge is -2.02. The van der Waals surface area contributed by atoms with Crippen LogP contribution in [0.4, 0.5) is 0 Å². The Bertz CT molecular complexity index is 872. The number of ketones is 1. The largest absolute Gasteiger partial charge is 0.293 e. The first-order valence-corrected chi connectivity index (χ1v) is 9.15. The van der Waals surface area contributed by atoms with Crippen molar-refractivity contribution in [2.75, 3.05) is 0 Å². The number of nitrogens with zero attached hydrogens (tertiary/aromatic N) is 2. The lowest BCUT2D eigenvalue weighted by Crippen LogP contribution is -2.01. The molecule has 0 aliphatic rings. The van der Waals surface area contributed by atoms with Crippen molar-refractivity contribution in [2.45, 2.75) is 19.3 Å². The topological polar surface area (TPSA) is 42.9 Å². The number of hydrogen-bond donors (Lipinski definition) is 0. The Morgan fingerprint density at radius 2 is 1.88 bits per heavy atom. The molecular formula is C20H17ClN2OS. The molecule has 0 aliphatic heterocycles. The van der Waals surface area contributed by atoms with Gasteiger partial charge in [0.2, 0.25) is 0 Å². The van der Waals surface area contributed by atoms with Crippen molar-refractivity contribution in [2.24, 2.45) is 0 Å². The average molecular weight is 369 g/mol. The smallest absolute Gasteiger partial charge is 0.175 e. The van der Waals surface area contributed by atoms with Crippen molar-refractivity contribution >= 4 is 28.7 Å². The van der Waals surface area contributed by atoms with E-state index in [9.17, 15) is 4.79 Å². The minimum absolute atomic E-state index is 0.113. The number of aromatic nitrogens is 2. The third kappa shape index (κ3) is 4.41. The lowest BCUT2D eigenvalue weighted by atomic mass is 10.1. The Kier molecular flexibility index (Phi) is 5.74. The van der Waals surface area contributed by atoms with E-state index in [4.69, 9.17) is 16.6 Å². The molecule has 0 bridgehead atoms. The molecule has 0 unspecified atom stereocenters. The highest BCUT2D eigenvalue weighted by molar-refractivity contribution is 7.17. The van der Waals surface area contributed by atoms with Crippen molar-refractivity contribution in [1.82, 2.24) is 9.97 Å². The van der Waals surface area contributed by atoms with E-state index in [-0.39, 0.29) is 5.78 Å². The number of allylic oxidation sites excluding steroid dienone is 1. The normalized spacial score (nSPS) is 10.6. The molecule has 0 amide bonds. The summed E-state index contributed by atoms with van der Waals surface area (Å²) < 4.78 is 0. The van der Waals surface area contributed by atoms with Gasteiger partial charge in [0, 0.05) is 35.8 Å². The molecule has 0 aliphatic carbocycles. The van der Waals surface area contributed by atoms with Crippen LogP contribution in [0.15, 0.2) is 61.4 Å². The predicted molar refractivity (Wildman–Crippen MR) is 103 cm³/mol. The third-order valence-electron chi connectivity index (χ3n) is 3.74. The quantitative estimate of drug-likeness (QED) is 0.402. The summed E-state index contributed by atoms with van der Waals surface area (Å²) in [5.74, 6) is 0.113. The molecule has 3 nitrogen and oxygen atoms in total. The second-order valence-electron chi connectivity index (χ2n) is 5.58. The fourth-order valence-electron chi connectivity index (χ4n) is 2.45. The van der Waals surface area contributed by atoms with Gasteiger partial charge in [-0.1, -0.05) is 29.8 Å². The number of carbonyl (C=O) groups is 1. The number of Topliss-reactive ketones (excluding diaryl/α,β-unsaturated/α-hetero) is 1. The number of halogens is 1. The van der Waals surface area contributed by atoms with E-state index in [2.05, 4.69) is 11.6 Å². The van der Waals surface area contributed by atoms with Crippen LogP contribution in [0.5, 0.6) is 0 Å². The SMILES string of the molecule is C=CCCC(=O)c1sc(-c2ccncc2)nc1Cc1ccc(Cl)cc1. The van der Waals surface area contributed by atoms with E-state index in [1.54, 1.807) is 18.5 Å². The summed E-state index contributed by atoms with van der Waals surface area (Å²) in [4.78, 5) is 22.1. The predicted octanol–water partition coefficient (Wildman–Crippen LogP) is 5.60. The van der Waals surface area contributed by atoms with Gasteiger partial charge in [0.15, 0.2) is 5.78 Å². The maximum atomic E-state index is 12.6. The lowest BCUT2D eigenvalue weighted by molar-refractivity contribution is 0.0986. The van der Waals surface area contributed by atoms with Crippen LogP contribution < -0.4 is 0 Å². The molecule has 0 N–H and O–H groups in total. The second kappa shape index (κ2) is 8.19. The average Bonchev–Trinajstić information content (AvgIpc) is 3.06. The van der Waals surface area contributed by atoms with Crippen LogP contribution in [0.1, 0.15) is 33.8 Å². The van der Waals surface area contributed by atoms with Gasteiger partial charge in [0.05, 0.1) is 10.6 Å². The van der Waals surface area contributed by atoms with Crippen molar-refractivity contribution in [3.8, 4) is 10.6 Å². The molecule has 3 aromatic rings. The van der Waals surface area contributed by atoms with E-state index in [1.807, 2.05) is 36.4 Å². The van der Waals surface area contributed by atoms with Crippen LogP contribution in [0.3, 0.4) is 0 Å². The maximum Gasteiger partial charge on any atom is 0.175 e. The summed E-state index contributed by atoms with van der Waals surface area (Å²) in [5.41, 5.74) is 2.86. The van der Waals surface area contributed by atoms with E-state index < -0.39 is 0 Å². The molecule has 0 atom stereocenters. The van der Waals surface area contributed by atoms with Crippen molar-refractivity contribution in [1.29, 1.82) is 0 Å². The Morgan fingerprint density at radius 1 is 1.16 bits per heavy atom. The molecule has 0 saturated carbocycles. The van der Waals surface area contributed by atoms with Gasteiger partial charge in [0.1, 0.15) is 5.01 Å². The van der Waals surface area contributed by atoms with Crippen LogP contribution in [0.2, 0.25) is 5.02 Å². The molecule has 3 rings (SSSR count). The van der Waals surface area contributed by atoms with Gasteiger partial charge in [-0.05, 0) is 36.2 Å². The Labute approximate surface area is 156 Å². The molecule has 0 spiro atoms. The van der Waals surface area contributed by atoms with Crippen molar-refractivity contribution in [3.63, 3.8) is 0 Å². The fraction of sp³-hybridized carbons (Fsp3) is 0.150. The third-order valence-corrected chi connectivity index (χ3v) is 5.18. The van der Waals surface area contributed by atoms with E-state index >= 15 is 0 Å². The molecule has 0 fully saturated rings. The molecule has 126 valence electrons. The maximum absolute atomic E-state index is 12.6.